The summed E-state index contributed by atoms with van der Waals surface area (Å²) in [6.07, 6.45) is 1.88. The zero-order valence-electron chi connectivity index (χ0n) is 26.0. The van der Waals surface area contributed by atoms with Gasteiger partial charge in [-0.25, -0.2) is 0 Å². The summed E-state index contributed by atoms with van der Waals surface area (Å²) in [6.45, 7) is 25.6. The van der Waals surface area contributed by atoms with Crippen LogP contribution in [0.1, 0.15) is 153 Å². The Hall–Kier alpha value is -0.825. The van der Waals surface area contributed by atoms with Crippen LogP contribution >= 0.6 is 0 Å². The quantitative estimate of drug-likeness (QED) is 0.195. The first-order chi connectivity index (χ1) is 17.3. The van der Waals surface area contributed by atoms with Crippen molar-refractivity contribution >= 4 is 10.8 Å². The van der Waals surface area contributed by atoms with E-state index in [9.17, 15) is 0 Å². The molecular weight excluding hydrogens is 1040 g/mol. The van der Waals surface area contributed by atoms with Gasteiger partial charge in [-0.1, -0.05) is 125 Å². The second kappa shape index (κ2) is 19.4. The van der Waals surface area contributed by atoms with Gasteiger partial charge in [-0.15, -0.1) is 11.4 Å². The van der Waals surface area contributed by atoms with Crippen molar-refractivity contribution in [2.45, 2.75) is 119 Å². The van der Waals surface area contributed by atoms with E-state index in [0.717, 1.165) is 23.2 Å². The molecule has 0 atom stereocenters. The third-order valence-corrected chi connectivity index (χ3v) is 6.01. The van der Waals surface area contributed by atoms with E-state index >= 15 is 0 Å². The number of hydrogen-bond donors (Lipinski definition) is 0. The maximum atomic E-state index is 4.79. The van der Waals surface area contributed by atoms with E-state index in [-0.39, 0.29) is 63.2 Å². The summed E-state index contributed by atoms with van der Waals surface area (Å²) in [6, 6.07) is 8.56. The molecule has 0 saturated carbocycles. The molecule has 0 aliphatic heterocycles. The van der Waals surface area contributed by atoms with Gasteiger partial charge in [0.15, 0.2) is 0 Å². The van der Waals surface area contributed by atoms with Crippen molar-refractivity contribution in [3.63, 3.8) is 0 Å². The van der Waals surface area contributed by atoms with Gasteiger partial charge in [0.2, 0.25) is 0 Å². The van der Waals surface area contributed by atoms with Gasteiger partial charge in [-0.05, 0) is 57.9 Å². The van der Waals surface area contributed by atoms with Crippen LogP contribution in [-0.2, 0) is 63.2 Å². The van der Waals surface area contributed by atoms with Crippen LogP contribution < -0.4 is 15.0 Å². The summed E-state index contributed by atoms with van der Waals surface area (Å²) >= 11 is 0. The molecule has 0 amide bonds. The molecule has 9 heteroatoms. The molecule has 3 aromatic heterocycles. The number of rotatable bonds is 6. The zero-order chi connectivity index (χ0) is 27.9. The van der Waals surface area contributed by atoms with Gasteiger partial charge in [0, 0.05) is 63.2 Å². The SMILES string of the molecule is CC(C)c1[n-]c(C(C)C)c2ccccc12.CC(C)c1cnc(C(C)C)[n-]1.CC(C)c1nnc(C(C)C)[n-]1.[Pt].[Pt].[Pt]. The molecule has 0 unspecified atom stereocenters. The van der Waals surface area contributed by atoms with Crippen LogP contribution in [-0.4, -0.2) is 15.2 Å². The van der Waals surface area contributed by atoms with E-state index < -0.39 is 0 Å². The Labute approximate surface area is 285 Å². The topological polar surface area (TPSA) is 81.0 Å². The van der Waals surface area contributed by atoms with Crippen molar-refractivity contribution in [1.82, 2.24) is 30.1 Å². The standard InChI is InChI=1S/C14H18N.C9H15N2.C8H14N3.3Pt/c1-9(2)13-11-7-5-6-8-12(11)14(15-13)10(3)4;1-6(2)8-5-10-9(11-8)7(3)4;1-5(2)7-9-8(6(3)4)11-10-7;;;/h5-10H,1-4H3;5-7H,1-4H3;5-6H,1-4H3;;;/q3*-1;;;. The molecule has 0 spiro atoms. The summed E-state index contributed by atoms with van der Waals surface area (Å²) in [4.78, 5) is 17.7. The van der Waals surface area contributed by atoms with E-state index in [2.05, 4.69) is 132 Å². The average Bonchev–Trinajstić information content (AvgIpc) is 3.58. The Kier molecular flexibility index (Phi) is 20.0. The van der Waals surface area contributed by atoms with Gasteiger partial charge in [-0.3, -0.25) is 0 Å². The minimum atomic E-state index is 0. The average molecular weight is 1090 g/mol. The minimum Gasteiger partial charge on any atom is -0.663 e. The first-order valence-electron chi connectivity index (χ1n) is 13.7. The molecule has 4 aromatic rings. The molecule has 0 radical (unpaired) electrons. The molecule has 234 valence electrons. The van der Waals surface area contributed by atoms with Crippen molar-refractivity contribution in [3.05, 3.63) is 65.0 Å². The summed E-state index contributed by atoms with van der Waals surface area (Å²) in [5.74, 6) is 5.39. The van der Waals surface area contributed by atoms with Gasteiger partial charge < -0.3 is 30.1 Å². The van der Waals surface area contributed by atoms with E-state index in [1.165, 1.54) is 22.2 Å². The van der Waals surface area contributed by atoms with E-state index in [4.69, 9.17) is 4.98 Å². The molecular formula is C31H47N6Pt3-3. The van der Waals surface area contributed by atoms with Gasteiger partial charge in [0.05, 0.1) is 0 Å². The molecule has 4 rings (SSSR count). The maximum absolute atomic E-state index is 4.79. The molecule has 0 aliphatic carbocycles. The normalized spacial score (nSPS) is 10.8. The van der Waals surface area contributed by atoms with Crippen LogP contribution in [0.5, 0.6) is 0 Å². The fourth-order valence-corrected chi connectivity index (χ4v) is 3.69. The number of benzene rings is 1. The largest absolute Gasteiger partial charge is 0.663 e. The van der Waals surface area contributed by atoms with Gasteiger partial charge in [0.25, 0.3) is 0 Å². The number of hydrogen-bond acceptors (Lipinski definition) is 3. The number of nitrogens with zero attached hydrogens (tertiary/aromatic N) is 6. The van der Waals surface area contributed by atoms with Gasteiger partial charge >= 0.3 is 0 Å². The van der Waals surface area contributed by atoms with Crippen molar-refractivity contribution < 1.29 is 63.2 Å². The van der Waals surface area contributed by atoms with Crippen LogP contribution in [0.4, 0.5) is 0 Å². The van der Waals surface area contributed by atoms with E-state index in [1.54, 1.807) is 0 Å². The van der Waals surface area contributed by atoms with Crippen LogP contribution in [0.15, 0.2) is 30.5 Å². The summed E-state index contributed by atoms with van der Waals surface area (Å²) in [7, 11) is 0. The Balaban J connectivity index is 0. The molecule has 0 bridgehead atoms. The smallest absolute Gasteiger partial charge is 0 e. The van der Waals surface area contributed by atoms with Crippen molar-refractivity contribution in [2.75, 3.05) is 0 Å². The maximum Gasteiger partial charge on any atom is 0 e. The molecule has 0 saturated heterocycles. The van der Waals surface area contributed by atoms with Gasteiger partial charge in [-0.2, -0.15) is 0 Å². The molecule has 0 fully saturated rings. The zero-order valence-corrected chi connectivity index (χ0v) is 32.8. The third-order valence-electron chi connectivity index (χ3n) is 6.01. The fraction of sp³-hybridized carbons (Fsp3) is 0.581. The molecule has 6 nitrogen and oxygen atoms in total. The molecule has 0 N–H and O–H groups in total. The predicted molar refractivity (Wildman–Crippen MR) is 155 cm³/mol. The second-order valence-corrected chi connectivity index (χ2v) is 11.5. The predicted octanol–water partition coefficient (Wildman–Crippen LogP) is 8.00. The van der Waals surface area contributed by atoms with Crippen LogP contribution in [0.3, 0.4) is 0 Å². The van der Waals surface area contributed by atoms with Crippen molar-refractivity contribution in [1.29, 1.82) is 0 Å². The fourth-order valence-electron chi connectivity index (χ4n) is 3.69. The molecule has 3 heterocycles. The van der Waals surface area contributed by atoms with Crippen LogP contribution in [0.25, 0.3) is 10.8 Å². The summed E-state index contributed by atoms with van der Waals surface area (Å²) in [5, 5.41) is 10.6. The summed E-state index contributed by atoms with van der Waals surface area (Å²) in [5.41, 5.74) is 3.59. The Morgan fingerprint density at radius 1 is 0.475 bits per heavy atom. The molecule has 1 aromatic carbocycles. The molecule has 40 heavy (non-hydrogen) atoms. The van der Waals surface area contributed by atoms with Crippen LogP contribution in [0, 0.1) is 0 Å². The van der Waals surface area contributed by atoms with E-state index in [0.29, 0.717) is 35.5 Å². The number of fused-ring (bicyclic) bond motifs is 1. The first-order valence-corrected chi connectivity index (χ1v) is 13.7. The van der Waals surface area contributed by atoms with Crippen molar-refractivity contribution in [2.24, 2.45) is 0 Å². The van der Waals surface area contributed by atoms with E-state index in [1.807, 2.05) is 6.20 Å². The summed E-state index contributed by atoms with van der Waals surface area (Å²) < 4.78 is 0. The van der Waals surface area contributed by atoms with Crippen molar-refractivity contribution in [3.8, 4) is 0 Å². The monoisotopic (exact) mass is 1090 g/mol. The Morgan fingerprint density at radius 3 is 1.12 bits per heavy atom. The first kappa shape index (κ1) is 41.3. The van der Waals surface area contributed by atoms with Gasteiger partial charge in [0.1, 0.15) is 0 Å². The third kappa shape index (κ3) is 11.8. The number of aromatic nitrogens is 6. The Morgan fingerprint density at radius 2 is 0.875 bits per heavy atom. The molecule has 0 aliphatic rings. The Bertz CT molecular complexity index is 1080. The number of imidazole rings is 1. The second-order valence-electron chi connectivity index (χ2n) is 11.5. The minimum absolute atomic E-state index is 0. The van der Waals surface area contributed by atoms with Crippen LogP contribution in [0.2, 0.25) is 0 Å².